The summed E-state index contributed by atoms with van der Waals surface area (Å²) < 4.78 is 6.13. The van der Waals surface area contributed by atoms with Crippen molar-refractivity contribution >= 4 is 0 Å². The molecule has 0 bridgehead atoms. The van der Waals surface area contributed by atoms with E-state index in [1.54, 1.807) is 7.11 Å². The third kappa shape index (κ3) is 3.19. The summed E-state index contributed by atoms with van der Waals surface area (Å²) in [7, 11) is 1.78. The van der Waals surface area contributed by atoms with Gasteiger partial charge in [-0.3, -0.25) is 0 Å². The van der Waals surface area contributed by atoms with Gasteiger partial charge in [-0.2, -0.15) is 0 Å². The molecule has 122 valence electrons. The molecule has 3 rings (SSSR count). The monoisotopic (exact) mass is 309 g/mol. The molecule has 0 radical (unpaired) electrons. The van der Waals surface area contributed by atoms with Crippen molar-refractivity contribution in [2.75, 3.05) is 7.11 Å². The van der Waals surface area contributed by atoms with Crippen LogP contribution >= 0.6 is 0 Å². The Morgan fingerprint density at radius 2 is 1.52 bits per heavy atom. The maximum absolute atomic E-state index is 6.73. The van der Waals surface area contributed by atoms with E-state index in [1.165, 1.54) is 25.7 Å². The fourth-order valence-electron chi connectivity index (χ4n) is 3.75. The Morgan fingerprint density at radius 3 is 1.91 bits per heavy atom. The first-order chi connectivity index (χ1) is 11.3. The van der Waals surface area contributed by atoms with E-state index in [1.807, 2.05) is 12.1 Å². The molecule has 2 nitrogen and oxygen atoms in total. The van der Waals surface area contributed by atoms with E-state index in [4.69, 9.17) is 10.5 Å². The highest BCUT2D eigenvalue weighted by molar-refractivity contribution is 5.38. The second kappa shape index (κ2) is 7.29. The molecule has 0 heterocycles. The largest absolute Gasteiger partial charge is 0.367 e. The number of benzene rings is 2. The molecule has 2 heteroatoms. The first-order valence-electron chi connectivity index (χ1n) is 8.69. The van der Waals surface area contributed by atoms with Crippen LogP contribution in [0.5, 0.6) is 0 Å². The molecule has 0 aliphatic heterocycles. The SMILES string of the molecule is COC(c1ccccc1)(c1ccccc1)C(N)CCC1CCC1. The van der Waals surface area contributed by atoms with Crippen molar-refractivity contribution in [1.29, 1.82) is 0 Å². The van der Waals surface area contributed by atoms with E-state index in [0.717, 1.165) is 23.5 Å². The number of hydrogen-bond donors (Lipinski definition) is 1. The van der Waals surface area contributed by atoms with Crippen LogP contribution in [0, 0.1) is 5.92 Å². The molecule has 2 N–H and O–H groups in total. The van der Waals surface area contributed by atoms with E-state index in [2.05, 4.69) is 48.5 Å². The maximum atomic E-state index is 6.73. The number of hydrogen-bond acceptors (Lipinski definition) is 2. The van der Waals surface area contributed by atoms with Gasteiger partial charge in [0, 0.05) is 13.2 Å². The average Bonchev–Trinajstić information content (AvgIpc) is 2.57. The Morgan fingerprint density at radius 1 is 1.00 bits per heavy atom. The summed E-state index contributed by atoms with van der Waals surface area (Å²) in [4.78, 5) is 0. The fourth-order valence-corrected chi connectivity index (χ4v) is 3.75. The van der Waals surface area contributed by atoms with Crippen LogP contribution in [0.3, 0.4) is 0 Å². The van der Waals surface area contributed by atoms with Crippen LogP contribution in [0.25, 0.3) is 0 Å². The van der Waals surface area contributed by atoms with Crippen LogP contribution in [0.4, 0.5) is 0 Å². The van der Waals surface area contributed by atoms with E-state index in [0.29, 0.717) is 0 Å². The predicted octanol–water partition coefficient (Wildman–Crippen LogP) is 4.48. The number of ether oxygens (including phenoxy) is 1. The highest BCUT2D eigenvalue weighted by Crippen LogP contribution is 2.39. The maximum Gasteiger partial charge on any atom is 0.133 e. The zero-order chi connectivity index (χ0) is 16.1. The number of methoxy groups -OCH3 is 1. The molecule has 2 aromatic carbocycles. The molecule has 1 saturated carbocycles. The molecule has 0 spiro atoms. The van der Waals surface area contributed by atoms with Crippen LogP contribution < -0.4 is 5.73 Å². The molecule has 0 aromatic heterocycles. The van der Waals surface area contributed by atoms with Crippen molar-refractivity contribution in [3.63, 3.8) is 0 Å². The number of nitrogens with two attached hydrogens (primary N) is 1. The first-order valence-corrected chi connectivity index (χ1v) is 8.69. The molecular weight excluding hydrogens is 282 g/mol. The van der Waals surface area contributed by atoms with Crippen molar-refractivity contribution in [2.24, 2.45) is 11.7 Å². The molecule has 1 atom stereocenters. The van der Waals surface area contributed by atoms with Gasteiger partial charge in [-0.05, 0) is 29.9 Å². The lowest BCUT2D eigenvalue weighted by molar-refractivity contribution is -0.00517. The second-order valence-electron chi connectivity index (χ2n) is 6.65. The van der Waals surface area contributed by atoms with Crippen molar-refractivity contribution in [1.82, 2.24) is 0 Å². The summed E-state index contributed by atoms with van der Waals surface area (Å²) in [5.41, 5.74) is 8.42. The summed E-state index contributed by atoms with van der Waals surface area (Å²) in [6.07, 6.45) is 6.30. The third-order valence-electron chi connectivity index (χ3n) is 5.36. The third-order valence-corrected chi connectivity index (χ3v) is 5.36. The van der Waals surface area contributed by atoms with E-state index < -0.39 is 5.60 Å². The number of rotatable bonds is 7. The summed E-state index contributed by atoms with van der Waals surface area (Å²) in [5, 5.41) is 0. The molecule has 1 aliphatic carbocycles. The summed E-state index contributed by atoms with van der Waals surface area (Å²) in [5.74, 6) is 0.863. The van der Waals surface area contributed by atoms with Gasteiger partial charge in [0.25, 0.3) is 0 Å². The minimum absolute atomic E-state index is 0.0575. The molecule has 23 heavy (non-hydrogen) atoms. The van der Waals surface area contributed by atoms with Gasteiger partial charge < -0.3 is 10.5 Å². The van der Waals surface area contributed by atoms with Crippen molar-refractivity contribution in [3.05, 3.63) is 71.8 Å². The Kier molecular flexibility index (Phi) is 5.14. The van der Waals surface area contributed by atoms with Crippen LogP contribution in [0.2, 0.25) is 0 Å². The van der Waals surface area contributed by atoms with Gasteiger partial charge in [-0.15, -0.1) is 0 Å². The smallest absolute Gasteiger partial charge is 0.133 e. The summed E-state index contributed by atoms with van der Waals surface area (Å²) in [6, 6.07) is 20.8. The van der Waals surface area contributed by atoms with E-state index in [-0.39, 0.29) is 6.04 Å². The Balaban J connectivity index is 1.94. The topological polar surface area (TPSA) is 35.2 Å². The van der Waals surface area contributed by atoms with Gasteiger partial charge in [0.05, 0.1) is 0 Å². The Labute approximate surface area is 139 Å². The molecule has 1 aliphatic rings. The van der Waals surface area contributed by atoms with Gasteiger partial charge in [0.15, 0.2) is 0 Å². The van der Waals surface area contributed by atoms with Crippen molar-refractivity contribution in [3.8, 4) is 0 Å². The van der Waals surface area contributed by atoms with Gasteiger partial charge in [0.2, 0.25) is 0 Å². The summed E-state index contributed by atoms with van der Waals surface area (Å²) >= 11 is 0. The minimum atomic E-state index is -0.577. The fraction of sp³-hybridized carbons (Fsp3) is 0.429. The Bertz CT molecular complexity index is 552. The lowest BCUT2D eigenvalue weighted by Crippen LogP contribution is -2.48. The van der Waals surface area contributed by atoms with Crippen molar-refractivity contribution in [2.45, 2.75) is 43.7 Å². The molecule has 2 aromatic rings. The van der Waals surface area contributed by atoms with Gasteiger partial charge >= 0.3 is 0 Å². The van der Waals surface area contributed by atoms with Crippen LogP contribution in [0.15, 0.2) is 60.7 Å². The lowest BCUT2D eigenvalue weighted by atomic mass is 9.75. The zero-order valence-corrected chi connectivity index (χ0v) is 13.9. The average molecular weight is 309 g/mol. The van der Waals surface area contributed by atoms with Gasteiger partial charge in [-0.25, -0.2) is 0 Å². The lowest BCUT2D eigenvalue weighted by Gasteiger charge is -2.40. The highest BCUT2D eigenvalue weighted by Gasteiger charge is 2.40. The van der Waals surface area contributed by atoms with Crippen LogP contribution in [-0.4, -0.2) is 13.2 Å². The van der Waals surface area contributed by atoms with Gasteiger partial charge in [-0.1, -0.05) is 79.9 Å². The quantitative estimate of drug-likeness (QED) is 0.818. The van der Waals surface area contributed by atoms with Gasteiger partial charge in [0.1, 0.15) is 5.60 Å². The van der Waals surface area contributed by atoms with Crippen molar-refractivity contribution < 1.29 is 4.74 Å². The zero-order valence-electron chi connectivity index (χ0n) is 13.9. The first kappa shape index (κ1) is 16.2. The minimum Gasteiger partial charge on any atom is -0.367 e. The van der Waals surface area contributed by atoms with E-state index in [9.17, 15) is 0 Å². The normalized spacial score (nSPS) is 16.8. The van der Waals surface area contributed by atoms with Crippen LogP contribution in [-0.2, 0) is 10.3 Å². The molecule has 0 amide bonds. The molecular formula is C21H27NO. The Hall–Kier alpha value is -1.64. The van der Waals surface area contributed by atoms with E-state index >= 15 is 0 Å². The molecule has 0 saturated heterocycles. The predicted molar refractivity (Wildman–Crippen MR) is 95.2 cm³/mol. The standard InChI is InChI=1S/C21H27NO/c1-23-21(18-11-4-2-5-12-18,19-13-6-3-7-14-19)20(22)16-15-17-9-8-10-17/h2-7,11-14,17,20H,8-10,15-16,22H2,1H3. The van der Waals surface area contributed by atoms with Crippen LogP contribution in [0.1, 0.15) is 43.2 Å². The highest BCUT2D eigenvalue weighted by atomic mass is 16.5. The molecule has 1 fully saturated rings. The summed E-state index contributed by atoms with van der Waals surface area (Å²) in [6.45, 7) is 0. The molecule has 1 unspecified atom stereocenters. The second-order valence-corrected chi connectivity index (χ2v) is 6.65.